The smallest absolute Gasteiger partial charge is 0.133 e. The molecule has 0 aliphatic carbocycles. The van der Waals surface area contributed by atoms with Crippen LogP contribution in [-0.4, -0.2) is 23.1 Å². The second-order valence-electron chi connectivity index (χ2n) is 6.35. The first-order valence-corrected chi connectivity index (χ1v) is 8.24. The number of hydrogen-bond donors (Lipinski definition) is 1. The topological polar surface area (TPSA) is 37.8 Å². The van der Waals surface area contributed by atoms with E-state index in [1.54, 1.807) is 0 Å². The molecule has 1 aliphatic heterocycles. The highest BCUT2D eigenvalue weighted by molar-refractivity contribution is 5.32. The molecule has 0 atom stereocenters. The van der Waals surface area contributed by atoms with Crippen LogP contribution in [0.5, 0.6) is 0 Å². The second kappa shape index (κ2) is 6.57. The molecule has 116 valence electrons. The van der Waals surface area contributed by atoms with Crippen molar-refractivity contribution in [3.05, 3.63) is 58.2 Å². The molecule has 1 N–H and O–H groups in total. The van der Waals surface area contributed by atoms with E-state index in [0.29, 0.717) is 5.92 Å². The molecule has 3 rings (SSSR count). The summed E-state index contributed by atoms with van der Waals surface area (Å²) in [5.41, 5.74) is 6.35. The van der Waals surface area contributed by atoms with E-state index in [4.69, 9.17) is 9.97 Å². The van der Waals surface area contributed by atoms with Crippen molar-refractivity contribution in [3.63, 3.8) is 0 Å². The lowest BCUT2D eigenvalue weighted by Gasteiger charge is -2.25. The predicted molar refractivity (Wildman–Crippen MR) is 90.3 cm³/mol. The van der Waals surface area contributed by atoms with Crippen molar-refractivity contribution in [2.24, 2.45) is 0 Å². The van der Waals surface area contributed by atoms with Crippen LogP contribution in [0.1, 0.15) is 52.7 Å². The maximum atomic E-state index is 4.81. The van der Waals surface area contributed by atoms with Crippen LogP contribution < -0.4 is 5.32 Å². The number of piperidine rings is 1. The average Bonchev–Trinajstić information content (AvgIpc) is 2.50. The highest BCUT2D eigenvalue weighted by Gasteiger charge is 2.21. The number of benzene rings is 1. The minimum atomic E-state index is 0.619. The summed E-state index contributed by atoms with van der Waals surface area (Å²) in [6.07, 6.45) is 3.21. The Bertz CT molecular complexity index is 634. The van der Waals surface area contributed by atoms with E-state index in [9.17, 15) is 0 Å². The summed E-state index contributed by atoms with van der Waals surface area (Å²) in [6, 6.07) is 8.49. The summed E-state index contributed by atoms with van der Waals surface area (Å²) in [6.45, 7) is 8.66. The van der Waals surface area contributed by atoms with E-state index in [0.717, 1.165) is 25.3 Å². The molecule has 1 aliphatic rings. The Morgan fingerprint density at radius 1 is 1.00 bits per heavy atom. The summed E-state index contributed by atoms with van der Waals surface area (Å²) in [5.74, 6) is 1.57. The Balaban J connectivity index is 1.87. The highest BCUT2D eigenvalue weighted by Crippen LogP contribution is 2.29. The summed E-state index contributed by atoms with van der Waals surface area (Å²) < 4.78 is 0. The van der Waals surface area contributed by atoms with Crippen LogP contribution in [-0.2, 0) is 6.42 Å². The molecule has 3 heteroatoms. The number of hydrogen-bond acceptors (Lipinski definition) is 3. The molecule has 1 fully saturated rings. The Hall–Kier alpha value is -1.74. The summed E-state index contributed by atoms with van der Waals surface area (Å²) in [5, 5.41) is 3.43. The minimum absolute atomic E-state index is 0.619. The average molecular weight is 295 g/mol. The molecule has 0 unspecified atom stereocenters. The largest absolute Gasteiger partial charge is 0.317 e. The molecule has 0 saturated carbocycles. The van der Waals surface area contributed by atoms with Crippen molar-refractivity contribution in [2.45, 2.75) is 46.0 Å². The maximum absolute atomic E-state index is 4.81. The summed E-state index contributed by atoms with van der Waals surface area (Å²) in [4.78, 5) is 9.63. The molecule has 0 spiro atoms. The van der Waals surface area contributed by atoms with Crippen LogP contribution in [0.25, 0.3) is 0 Å². The van der Waals surface area contributed by atoms with E-state index in [2.05, 4.69) is 50.4 Å². The lowest BCUT2D eigenvalue weighted by Crippen LogP contribution is -2.27. The molecule has 2 aromatic rings. The van der Waals surface area contributed by atoms with Gasteiger partial charge >= 0.3 is 0 Å². The van der Waals surface area contributed by atoms with E-state index >= 15 is 0 Å². The highest BCUT2D eigenvalue weighted by atomic mass is 14.9. The minimum Gasteiger partial charge on any atom is -0.317 e. The van der Waals surface area contributed by atoms with Crippen molar-refractivity contribution in [2.75, 3.05) is 13.1 Å². The zero-order valence-electron chi connectivity index (χ0n) is 13.8. The van der Waals surface area contributed by atoms with Crippen molar-refractivity contribution in [1.82, 2.24) is 15.3 Å². The van der Waals surface area contributed by atoms with Crippen molar-refractivity contribution in [3.8, 4) is 0 Å². The van der Waals surface area contributed by atoms with Crippen molar-refractivity contribution in [1.29, 1.82) is 0 Å². The van der Waals surface area contributed by atoms with Gasteiger partial charge in [-0.3, -0.25) is 0 Å². The Morgan fingerprint density at radius 2 is 1.64 bits per heavy atom. The molecular formula is C19H25N3. The van der Waals surface area contributed by atoms with Gasteiger partial charge in [0, 0.05) is 17.8 Å². The lowest BCUT2D eigenvalue weighted by molar-refractivity contribution is 0.455. The van der Waals surface area contributed by atoms with Gasteiger partial charge in [0.1, 0.15) is 5.82 Å². The van der Waals surface area contributed by atoms with Crippen molar-refractivity contribution >= 4 is 0 Å². The van der Waals surface area contributed by atoms with Gasteiger partial charge in [-0.25, -0.2) is 9.97 Å². The van der Waals surface area contributed by atoms with E-state index < -0.39 is 0 Å². The maximum Gasteiger partial charge on any atom is 0.133 e. The van der Waals surface area contributed by atoms with Crippen LogP contribution in [0.2, 0.25) is 0 Å². The molecule has 2 heterocycles. The van der Waals surface area contributed by atoms with Crippen LogP contribution in [0.15, 0.2) is 24.3 Å². The van der Waals surface area contributed by atoms with E-state index in [1.807, 2.05) is 0 Å². The first-order chi connectivity index (χ1) is 10.6. The van der Waals surface area contributed by atoms with Gasteiger partial charge in [0.05, 0.1) is 0 Å². The number of aryl methyl sites for hydroxylation is 3. The van der Waals surface area contributed by atoms with Crippen LogP contribution in [0, 0.1) is 20.8 Å². The van der Waals surface area contributed by atoms with Gasteiger partial charge in [0.25, 0.3) is 0 Å². The molecule has 1 saturated heterocycles. The quantitative estimate of drug-likeness (QED) is 0.942. The fraction of sp³-hybridized carbons (Fsp3) is 0.474. The first kappa shape index (κ1) is 15.2. The predicted octanol–water partition coefficient (Wildman–Crippen LogP) is 3.46. The lowest BCUT2D eigenvalue weighted by atomic mass is 9.88. The van der Waals surface area contributed by atoms with E-state index in [1.165, 1.54) is 40.9 Å². The molecule has 0 bridgehead atoms. The monoisotopic (exact) mass is 295 g/mol. The molecule has 1 aromatic heterocycles. The molecule has 0 radical (unpaired) electrons. The van der Waals surface area contributed by atoms with Gasteiger partial charge in [-0.1, -0.05) is 24.3 Å². The summed E-state index contributed by atoms with van der Waals surface area (Å²) >= 11 is 0. The normalized spacial score (nSPS) is 16.0. The fourth-order valence-corrected chi connectivity index (χ4v) is 3.55. The zero-order chi connectivity index (χ0) is 15.5. The van der Waals surface area contributed by atoms with Crippen LogP contribution >= 0.6 is 0 Å². The number of rotatable bonds is 3. The molecule has 1 aromatic carbocycles. The third kappa shape index (κ3) is 3.20. The van der Waals surface area contributed by atoms with Gasteiger partial charge in [-0.05, 0) is 69.3 Å². The second-order valence-corrected chi connectivity index (χ2v) is 6.35. The zero-order valence-corrected chi connectivity index (χ0v) is 13.8. The van der Waals surface area contributed by atoms with Crippen molar-refractivity contribution < 1.29 is 0 Å². The molecule has 22 heavy (non-hydrogen) atoms. The number of nitrogens with zero attached hydrogens (tertiary/aromatic N) is 2. The summed E-state index contributed by atoms with van der Waals surface area (Å²) in [7, 11) is 0. The number of nitrogens with one attached hydrogen (secondary N) is 1. The Labute approximate surface area is 133 Å². The van der Waals surface area contributed by atoms with Gasteiger partial charge < -0.3 is 5.32 Å². The van der Waals surface area contributed by atoms with Gasteiger partial charge in [0.15, 0.2) is 0 Å². The third-order valence-electron chi connectivity index (χ3n) is 4.73. The molecule has 0 amide bonds. The molecular weight excluding hydrogens is 270 g/mol. The van der Waals surface area contributed by atoms with Crippen LogP contribution in [0.3, 0.4) is 0 Å². The SMILES string of the molecule is Cc1ccccc1Cc1nc(C)c(C2CCNCC2)c(C)n1. The van der Waals surface area contributed by atoms with E-state index in [-0.39, 0.29) is 0 Å². The Kier molecular flexibility index (Phi) is 4.53. The third-order valence-corrected chi connectivity index (χ3v) is 4.73. The molecule has 3 nitrogen and oxygen atoms in total. The first-order valence-electron chi connectivity index (χ1n) is 8.24. The van der Waals surface area contributed by atoms with Gasteiger partial charge in [-0.2, -0.15) is 0 Å². The van der Waals surface area contributed by atoms with Gasteiger partial charge in [0.2, 0.25) is 0 Å². The Morgan fingerprint density at radius 3 is 2.27 bits per heavy atom. The number of aromatic nitrogens is 2. The standard InChI is InChI=1S/C19H25N3/c1-13-6-4-5-7-17(13)12-18-21-14(2)19(15(3)22-18)16-8-10-20-11-9-16/h4-7,16,20H,8-12H2,1-3H3. The fourth-order valence-electron chi connectivity index (χ4n) is 3.55. The van der Waals surface area contributed by atoms with Crippen LogP contribution in [0.4, 0.5) is 0 Å². The van der Waals surface area contributed by atoms with Gasteiger partial charge in [-0.15, -0.1) is 0 Å².